The molecule has 0 saturated heterocycles. The molecule has 0 saturated carbocycles. The molecule has 29 heavy (non-hydrogen) atoms. The van der Waals surface area contributed by atoms with Crippen LogP contribution in [-0.4, -0.2) is 42.7 Å². The molecule has 0 fully saturated rings. The van der Waals surface area contributed by atoms with Gasteiger partial charge < -0.3 is 14.6 Å². The molecule has 150 valence electrons. The zero-order chi connectivity index (χ0) is 21.0. The summed E-state index contributed by atoms with van der Waals surface area (Å²) < 4.78 is 23.3. The lowest BCUT2D eigenvalue weighted by Gasteiger charge is -2.15. The Morgan fingerprint density at radius 2 is 1.66 bits per heavy atom. The van der Waals surface area contributed by atoms with E-state index in [1.54, 1.807) is 0 Å². The van der Waals surface area contributed by atoms with Crippen LogP contribution in [0.2, 0.25) is 0 Å². The van der Waals surface area contributed by atoms with E-state index < -0.39 is 29.4 Å². The molecule has 0 aliphatic carbocycles. The Hall–Kier alpha value is -3.52. The second-order valence-electron chi connectivity index (χ2n) is 6.06. The summed E-state index contributed by atoms with van der Waals surface area (Å²) in [6.45, 7) is 2.74. The standard InChI is InChI=1S/C21H18FNO6/c1-2-28-11-12-29-21(27)14-5-9-16(10-6-14)23-19(25)17(18(24)20(23)26)13-3-7-15(22)8-4-13/h3-10,24H,2,11-12H2,1H3. The Morgan fingerprint density at radius 1 is 1.00 bits per heavy atom. The van der Waals surface area contributed by atoms with E-state index in [0.717, 1.165) is 17.0 Å². The number of rotatable bonds is 7. The number of benzene rings is 2. The quantitative estimate of drug-likeness (QED) is 0.437. The predicted octanol–water partition coefficient (Wildman–Crippen LogP) is 2.86. The summed E-state index contributed by atoms with van der Waals surface area (Å²) in [6, 6.07) is 10.5. The third-order valence-corrected chi connectivity index (χ3v) is 4.22. The SMILES string of the molecule is CCOCCOC(=O)c1ccc(N2C(=O)C(O)=C(c3ccc(F)cc3)C2=O)cc1. The molecule has 1 aliphatic heterocycles. The van der Waals surface area contributed by atoms with Crippen molar-refractivity contribution in [2.75, 3.05) is 24.7 Å². The molecule has 0 radical (unpaired) electrons. The van der Waals surface area contributed by atoms with Gasteiger partial charge in [0.05, 0.1) is 23.4 Å². The molecule has 2 amide bonds. The number of imide groups is 1. The van der Waals surface area contributed by atoms with Crippen molar-refractivity contribution in [2.45, 2.75) is 6.92 Å². The van der Waals surface area contributed by atoms with Crippen molar-refractivity contribution in [2.24, 2.45) is 0 Å². The van der Waals surface area contributed by atoms with E-state index in [0.29, 0.717) is 6.61 Å². The lowest BCUT2D eigenvalue weighted by atomic mass is 10.1. The minimum atomic E-state index is -0.902. The number of aliphatic hydroxyl groups excluding tert-OH is 1. The highest BCUT2D eigenvalue weighted by Crippen LogP contribution is 2.32. The monoisotopic (exact) mass is 399 g/mol. The minimum Gasteiger partial charge on any atom is -0.502 e. The minimum absolute atomic E-state index is 0.107. The summed E-state index contributed by atoms with van der Waals surface area (Å²) in [5, 5.41) is 10.2. The second-order valence-corrected chi connectivity index (χ2v) is 6.06. The molecule has 1 heterocycles. The molecule has 2 aromatic carbocycles. The van der Waals surface area contributed by atoms with Gasteiger partial charge in [-0.3, -0.25) is 9.59 Å². The molecule has 0 unspecified atom stereocenters. The maximum Gasteiger partial charge on any atom is 0.338 e. The van der Waals surface area contributed by atoms with Crippen molar-refractivity contribution in [1.82, 2.24) is 0 Å². The lowest BCUT2D eigenvalue weighted by molar-refractivity contribution is -0.121. The van der Waals surface area contributed by atoms with Gasteiger partial charge in [-0.15, -0.1) is 0 Å². The predicted molar refractivity (Wildman–Crippen MR) is 102 cm³/mol. The first-order valence-corrected chi connectivity index (χ1v) is 8.87. The number of aliphatic hydroxyl groups is 1. The van der Waals surface area contributed by atoms with E-state index >= 15 is 0 Å². The smallest absolute Gasteiger partial charge is 0.338 e. The summed E-state index contributed by atoms with van der Waals surface area (Å²) in [5.41, 5.74) is 0.420. The van der Waals surface area contributed by atoms with E-state index in [9.17, 15) is 23.9 Å². The summed E-state index contributed by atoms with van der Waals surface area (Å²) in [4.78, 5) is 37.9. The van der Waals surface area contributed by atoms with Crippen LogP contribution in [0.15, 0.2) is 54.3 Å². The van der Waals surface area contributed by atoms with Gasteiger partial charge in [-0.05, 0) is 48.9 Å². The first-order chi connectivity index (χ1) is 13.9. The van der Waals surface area contributed by atoms with Crippen molar-refractivity contribution in [1.29, 1.82) is 0 Å². The van der Waals surface area contributed by atoms with E-state index in [-0.39, 0.29) is 35.6 Å². The van der Waals surface area contributed by atoms with Gasteiger partial charge in [0, 0.05) is 6.61 Å². The number of anilines is 1. The Kier molecular flexibility index (Phi) is 6.04. The molecule has 1 aliphatic rings. The first-order valence-electron chi connectivity index (χ1n) is 8.87. The second kappa shape index (κ2) is 8.66. The van der Waals surface area contributed by atoms with Crippen molar-refractivity contribution in [3.8, 4) is 0 Å². The normalized spacial score (nSPS) is 13.9. The molecule has 0 bridgehead atoms. The molecule has 3 rings (SSSR count). The highest BCUT2D eigenvalue weighted by Gasteiger charge is 2.40. The molecule has 0 spiro atoms. The zero-order valence-corrected chi connectivity index (χ0v) is 15.6. The number of hydrogen-bond donors (Lipinski definition) is 1. The third kappa shape index (κ3) is 4.17. The summed E-state index contributed by atoms with van der Waals surface area (Å²) >= 11 is 0. The Balaban J connectivity index is 1.76. The average Bonchev–Trinajstić information content (AvgIpc) is 2.95. The summed E-state index contributed by atoms with van der Waals surface area (Å²) in [6.07, 6.45) is 0. The van der Waals surface area contributed by atoms with Gasteiger partial charge in [0.1, 0.15) is 12.4 Å². The van der Waals surface area contributed by atoms with Crippen LogP contribution in [0.5, 0.6) is 0 Å². The van der Waals surface area contributed by atoms with Gasteiger partial charge in [-0.1, -0.05) is 12.1 Å². The fourth-order valence-electron chi connectivity index (χ4n) is 2.80. The van der Waals surface area contributed by atoms with E-state index in [1.165, 1.54) is 36.4 Å². The molecule has 0 aromatic heterocycles. The van der Waals surface area contributed by atoms with Gasteiger partial charge in [-0.25, -0.2) is 14.1 Å². The maximum absolute atomic E-state index is 13.1. The van der Waals surface area contributed by atoms with Crippen LogP contribution in [0.3, 0.4) is 0 Å². The fraction of sp³-hybridized carbons (Fsp3) is 0.190. The molecule has 8 heteroatoms. The Labute approximate surface area is 166 Å². The van der Waals surface area contributed by atoms with Gasteiger partial charge in [0.2, 0.25) is 0 Å². The molecule has 1 N–H and O–H groups in total. The maximum atomic E-state index is 13.1. The van der Waals surface area contributed by atoms with Gasteiger partial charge in [0.15, 0.2) is 5.76 Å². The highest BCUT2D eigenvalue weighted by atomic mass is 19.1. The van der Waals surface area contributed by atoms with Crippen molar-refractivity contribution in [3.63, 3.8) is 0 Å². The van der Waals surface area contributed by atoms with E-state index in [4.69, 9.17) is 9.47 Å². The number of carbonyl (C=O) groups is 3. The van der Waals surface area contributed by atoms with Crippen LogP contribution < -0.4 is 4.90 Å². The van der Waals surface area contributed by atoms with Gasteiger partial charge in [-0.2, -0.15) is 0 Å². The molecule has 2 aromatic rings. The number of amides is 2. The molecule has 0 atom stereocenters. The fourth-order valence-corrected chi connectivity index (χ4v) is 2.80. The Bertz CT molecular complexity index is 966. The highest BCUT2D eigenvalue weighted by molar-refractivity contribution is 6.44. The van der Waals surface area contributed by atoms with Crippen LogP contribution in [0, 0.1) is 5.82 Å². The first kappa shape index (κ1) is 20.2. The number of esters is 1. The van der Waals surface area contributed by atoms with Crippen molar-refractivity contribution >= 4 is 29.0 Å². The zero-order valence-electron chi connectivity index (χ0n) is 15.6. The largest absolute Gasteiger partial charge is 0.502 e. The molecule has 7 nitrogen and oxygen atoms in total. The summed E-state index contributed by atoms with van der Waals surface area (Å²) in [5.74, 6) is -3.44. The van der Waals surface area contributed by atoms with Gasteiger partial charge in [0.25, 0.3) is 5.91 Å². The molecular formula is C21H18FNO6. The number of ether oxygens (including phenoxy) is 2. The van der Waals surface area contributed by atoms with E-state index in [1.807, 2.05) is 6.92 Å². The lowest BCUT2D eigenvalue weighted by Crippen LogP contribution is -2.31. The van der Waals surface area contributed by atoms with Crippen LogP contribution in [0.4, 0.5) is 10.1 Å². The third-order valence-electron chi connectivity index (χ3n) is 4.22. The number of carbonyl (C=O) groups excluding carboxylic acids is 3. The number of halogens is 1. The van der Waals surface area contributed by atoms with Crippen molar-refractivity contribution < 1.29 is 33.4 Å². The van der Waals surface area contributed by atoms with Crippen molar-refractivity contribution in [3.05, 3.63) is 71.2 Å². The van der Waals surface area contributed by atoms with Gasteiger partial charge >= 0.3 is 11.9 Å². The number of hydrogen-bond acceptors (Lipinski definition) is 6. The number of nitrogens with zero attached hydrogens (tertiary/aromatic N) is 1. The van der Waals surface area contributed by atoms with Crippen LogP contribution in [0.25, 0.3) is 5.57 Å². The average molecular weight is 399 g/mol. The van der Waals surface area contributed by atoms with Crippen LogP contribution >= 0.6 is 0 Å². The molecular weight excluding hydrogens is 381 g/mol. The van der Waals surface area contributed by atoms with E-state index in [2.05, 4.69) is 0 Å². The van der Waals surface area contributed by atoms with Crippen LogP contribution in [0.1, 0.15) is 22.8 Å². The van der Waals surface area contributed by atoms with Crippen LogP contribution in [-0.2, 0) is 19.1 Å². The Morgan fingerprint density at radius 3 is 2.28 bits per heavy atom. The summed E-state index contributed by atoms with van der Waals surface area (Å²) in [7, 11) is 0. The topological polar surface area (TPSA) is 93.1 Å².